The molecule has 2 aliphatic rings. The topological polar surface area (TPSA) is 60.8 Å². The van der Waals surface area contributed by atoms with E-state index in [2.05, 4.69) is 4.90 Å². The molecule has 2 atom stereocenters. The zero-order valence-electron chi connectivity index (χ0n) is 11.3. The predicted octanol–water partition coefficient (Wildman–Crippen LogP) is 1.72. The summed E-state index contributed by atoms with van der Waals surface area (Å²) in [6.07, 6.45) is 6.00. The smallest absolute Gasteiger partial charge is 0.306 e. The summed E-state index contributed by atoms with van der Waals surface area (Å²) >= 11 is 0. The molecule has 1 saturated carbocycles. The van der Waals surface area contributed by atoms with Gasteiger partial charge in [0.15, 0.2) is 0 Å². The minimum Gasteiger partial charge on any atom is -0.481 e. The van der Waals surface area contributed by atoms with E-state index in [1.807, 2.05) is 6.92 Å². The first-order valence-corrected chi connectivity index (χ1v) is 7.18. The van der Waals surface area contributed by atoms with Crippen molar-refractivity contribution in [1.82, 2.24) is 4.90 Å². The van der Waals surface area contributed by atoms with Gasteiger partial charge in [0, 0.05) is 13.1 Å². The summed E-state index contributed by atoms with van der Waals surface area (Å²) in [4.78, 5) is 13.3. The fraction of sp³-hybridized carbons (Fsp3) is 0.929. The van der Waals surface area contributed by atoms with Gasteiger partial charge in [-0.2, -0.15) is 0 Å². The lowest BCUT2D eigenvalue weighted by Gasteiger charge is -2.41. The van der Waals surface area contributed by atoms with Crippen molar-refractivity contribution in [1.29, 1.82) is 0 Å². The van der Waals surface area contributed by atoms with Crippen LogP contribution in [0.25, 0.3) is 0 Å². The lowest BCUT2D eigenvalue weighted by atomic mass is 9.82. The maximum absolute atomic E-state index is 11.1. The number of hydrogen-bond acceptors (Lipinski definition) is 3. The van der Waals surface area contributed by atoms with Crippen LogP contribution < -0.4 is 0 Å². The highest BCUT2D eigenvalue weighted by Crippen LogP contribution is 2.31. The first-order chi connectivity index (χ1) is 8.50. The van der Waals surface area contributed by atoms with Crippen LogP contribution in [0.1, 0.15) is 45.4 Å². The first kappa shape index (κ1) is 13.8. The molecule has 2 N–H and O–H groups in total. The third-order valence-electron chi connectivity index (χ3n) is 4.61. The second kappa shape index (κ2) is 5.57. The van der Waals surface area contributed by atoms with Crippen LogP contribution in [-0.2, 0) is 4.79 Å². The molecule has 0 aromatic carbocycles. The number of likely N-dealkylation sites (tertiary alicyclic amines) is 1. The Morgan fingerprint density at radius 1 is 1.33 bits per heavy atom. The van der Waals surface area contributed by atoms with E-state index in [9.17, 15) is 9.90 Å². The molecule has 1 saturated heterocycles. The van der Waals surface area contributed by atoms with Gasteiger partial charge in [-0.15, -0.1) is 0 Å². The molecule has 1 heterocycles. The third kappa shape index (κ3) is 3.23. The second-order valence-electron chi connectivity index (χ2n) is 6.23. The molecule has 4 heteroatoms. The Kier molecular flexibility index (Phi) is 4.28. The summed E-state index contributed by atoms with van der Waals surface area (Å²) in [6, 6.07) is 0. The number of carboxylic acid groups (broad SMARTS) is 1. The van der Waals surface area contributed by atoms with Crippen LogP contribution >= 0.6 is 0 Å². The molecule has 2 fully saturated rings. The van der Waals surface area contributed by atoms with Gasteiger partial charge in [-0.3, -0.25) is 4.79 Å². The van der Waals surface area contributed by atoms with Gasteiger partial charge in [0.1, 0.15) is 0 Å². The van der Waals surface area contributed by atoms with E-state index in [0.29, 0.717) is 6.42 Å². The van der Waals surface area contributed by atoms with E-state index in [4.69, 9.17) is 5.11 Å². The van der Waals surface area contributed by atoms with Crippen molar-refractivity contribution < 1.29 is 15.0 Å². The van der Waals surface area contributed by atoms with E-state index < -0.39 is 11.6 Å². The third-order valence-corrected chi connectivity index (χ3v) is 4.61. The number of aliphatic hydroxyl groups is 1. The molecule has 0 amide bonds. The fourth-order valence-electron chi connectivity index (χ4n) is 3.53. The molecule has 0 aromatic heterocycles. The van der Waals surface area contributed by atoms with Gasteiger partial charge in [-0.1, -0.05) is 26.2 Å². The van der Waals surface area contributed by atoms with Gasteiger partial charge in [0.2, 0.25) is 0 Å². The molecule has 2 rings (SSSR count). The Morgan fingerprint density at radius 3 is 2.56 bits per heavy atom. The second-order valence-corrected chi connectivity index (χ2v) is 6.23. The summed E-state index contributed by atoms with van der Waals surface area (Å²) in [7, 11) is 0. The maximum atomic E-state index is 11.1. The van der Waals surface area contributed by atoms with Gasteiger partial charge in [0.05, 0.1) is 11.5 Å². The summed E-state index contributed by atoms with van der Waals surface area (Å²) in [5, 5.41) is 19.6. The normalized spacial score (nSPS) is 33.2. The number of nitrogens with zero attached hydrogens (tertiary/aromatic N) is 1. The zero-order chi connectivity index (χ0) is 13.2. The van der Waals surface area contributed by atoms with E-state index in [1.165, 1.54) is 6.42 Å². The molecule has 1 aliphatic heterocycles. The standard InChI is InChI=1S/C14H25NO3/c1-11-9-15(8-5-12(11)13(16)17)10-14(18)6-3-2-4-7-14/h11-12,18H,2-10H2,1H3,(H,16,17). The van der Waals surface area contributed by atoms with Crippen molar-refractivity contribution in [2.45, 2.75) is 51.0 Å². The monoisotopic (exact) mass is 255 g/mol. The molecule has 104 valence electrons. The zero-order valence-corrected chi connectivity index (χ0v) is 11.3. The predicted molar refractivity (Wildman–Crippen MR) is 69.4 cm³/mol. The summed E-state index contributed by atoms with van der Waals surface area (Å²) in [5.41, 5.74) is -0.520. The SMILES string of the molecule is CC1CN(CC2(O)CCCCC2)CCC1C(=O)O. The minimum absolute atomic E-state index is 0.184. The highest BCUT2D eigenvalue weighted by molar-refractivity contribution is 5.70. The van der Waals surface area contributed by atoms with E-state index >= 15 is 0 Å². The lowest BCUT2D eigenvalue weighted by molar-refractivity contribution is -0.145. The number of carbonyl (C=O) groups is 1. The summed E-state index contributed by atoms with van der Waals surface area (Å²) < 4.78 is 0. The quantitative estimate of drug-likeness (QED) is 0.806. The van der Waals surface area contributed by atoms with Crippen LogP contribution in [0.4, 0.5) is 0 Å². The molecule has 18 heavy (non-hydrogen) atoms. The first-order valence-electron chi connectivity index (χ1n) is 7.18. The average molecular weight is 255 g/mol. The highest BCUT2D eigenvalue weighted by atomic mass is 16.4. The Bertz CT molecular complexity index is 299. The van der Waals surface area contributed by atoms with Crippen molar-refractivity contribution >= 4 is 5.97 Å². The summed E-state index contributed by atoms with van der Waals surface area (Å²) in [5.74, 6) is -0.691. The Balaban J connectivity index is 1.86. The van der Waals surface area contributed by atoms with E-state index in [0.717, 1.165) is 45.3 Å². The van der Waals surface area contributed by atoms with Gasteiger partial charge in [-0.05, 0) is 31.7 Å². The van der Waals surface area contributed by atoms with Gasteiger partial charge >= 0.3 is 5.97 Å². The molecule has 0 spiro atoms. The number of rotatable bonds is 3. The highest BCUT2D eigenvalue weighted by Gasteiger charge is 2.36. The van der Waals surface area contributed by atoms with Crippen LogP contribution in [0.3, 0.4) is 0 Å². The van der Waals surface area contributed by atoms with E-state index in [-0.39, 0.29) is 11.8 Å². The largest absolute Gasteiger partial charge is 0.481 e. The Morgan fingerprint density at radius 2 is 2.00 bits per heavy atom. The van der Waals surface area contributed by atoms with Crippen LogP contribution in [-0.4, -0.2) is 46.3 Å². The van der Waals surface area contributed by atoms with Gasteiger partial charge in [0.25, 0.3) is 0 Å². The number of aliphatic carboxylic acids is 1. The van der Waals surface area contributed by atoms with Gasteiger partial charge < -0.3 is 15.1 Å². The van der Waals surface area contributed by atoms with Gasteiger partial charge in [-0.25, -0.2) is 0 Å². The molecule has 1 aliphatic carbocycles. The fourth-order valence-corrected chi connectivity index (χ4v) is 3.53. The number of piperidine rings is 1. The number of carboxylic acids is 1. The minimum atomic E-state index is -0.668. The molecule has 2 unspecified atom stereocenters. The van der Waals surface area contributed by atoms with Crippen molar-refractivity contribution in [2.24, 2.45) is 11.8 Å². The van der Waals surface area contributed by atoms with Crippen molar-refractivity contribution in [3.05, 3.63) is 0 Å². The number of hydrogen-bond donors (Lipinski definition) is 2. The average Bonchev–Trinajstić information content (AvgIpc) is 2.28. The van der Waals surface area contributed by atoms with Crippen molar-refractivity contribution in [3.8, 4) is 0 Å². The Labute approximate surface area is 109 Å². The Hall–Kier alpha value is -0.610. The van der Waals surface area contributed by atoms with Crippen LogP contribution in [0.15, 0.2) is 0 Å². The lowest BCUT2D eigenvalue weighted by Crippen LogP contribution is -2.50. The molecule has 0 aromatic rings. The van der Waals surface area contributed by atoms with Crippen molar-refractivity contribution in [2.75, 3.05) is 19.6 Å². The molecule has 4 nitrogen and oxygen atoms in total. The van der Waals surface area contributed by atoms with Crippen LogP contribution in [0, 0.1) is 11.8 Å². The van der Waals surface area contributed by atoms with Crippen LogP contribution in [0.5, 0.6) is 0 Å². The molecule has 0 radical (unpaired) electrons. The molecular weight excluding hydrogens is 230 g/mol. The molecular formula is C14H25NO3. The number of β-amino-alcohol motifs (C(OH)–C–C–N with tert-alkyl or cyclic N) is 1. The van der Waals surface area contributed by atoms with Crippen LogP contribution in [0.2, 0.25) is 0 Å². The van der Waals surface area contributed by atoms with Crippen molar-refractivity contribution in [3.63, 3.8) is 0 Å². The molecule has 0 bridgehead atoms. The van der Waals surface area contributed by atoms with E-state index in [1.54, 1.807) is 0 Å². The maximum Gasteiger partial charge on any atom is 0.306 e. The summed E-state index contributed by atoms with van der Waals surface area (Å²) in [6.45, 7) is 4.35.